The van der Waals surface area contributed by atoms with E-state index in [4.69, 9.17) is 30.0 Å². The van der Waals surface area contributed by atoms with Gasteiger partial charge in [0.15, 0.2) is 11.4 Å². The van der Waals surface area contributed by atoms with Crippen LogP contribution >= 0.6 is 11.6 Å². The quantitative estimate of drug-likeness (QED) is 0.602. The van der Waals surface area contributed by atoms with E-state index in [1.807, 2.05) is 0 Å². The monoisotopic (exact) mass is 361 g/mol. The van der Waals surface area contributed by atoms with Crippen LogP contribution in [-0.4, -0.2) is 16.7 Å². The van der Waals surface area contributed by atoms with Gasteiger partial charge in [-0.2, -0.15) is 0 Å². The van der Waals surface area contributed by atoms with E-state index in [1.54, 1.807) is 56.3 Å². The highest BCUT2D eigenvalue weighted by atomic mass is 35.5. The number of hydrogen-bond donors (Lipinski definition) is 0. The van der Waals surface area contributed by atoms with Crippen molar-refractivity contribution in [2.45, 2.75) is 26.1 Å². The van der Waals surface area contributed by atoms with E-state index < -0.39 is 11.6 Å². The van der Waals surface area contributed by atoms with Gasteiger partial charge in [-0.15, -0.1) is 0 Å². The molecule has 1 aromatic carbocycles. The van der Waals surface area contributed by atoms with Gasteiger partial charge in [0.05, 0.1) is 6.26 Å². The number of carbonyl (C=O) groups excluding carboxylic acids is 1. The third-order valence-corrected chi connectivity index (χ3v) is 3.60. The first kappa shape index (κ1) is 17.1. The van der Waals surface area contributed by atoms with Crippen LogP contribution in [-0.2, 0) is 16.1 Å². The van der Waals surface area contributed by atoms with Crippen LogP contribution in [0.4, 0.5) is 0 Å². The van der Waals surface area contributed by atoms with Gasteiger partial charge in [-0.1, -0.05) is 16.8 Å². The van der Waals surface area contributed by atoms with Crippen LogP contribution in [0.15, 0.2) is 57.7 Å². The lowest BCUT2D eigenvalue weighted by Crippen LogP contribution is -2.39. The smallest absolute Gasteiger partial charge is 0.350 e. The Labute approximate surface area is 149 Å². The summed E-state index contributed by atoms with van der Waals surface area (Å²) in [4.78, 5) is 12.3. The molecular formula is C18H16ClNO5. The van der Waals surface area contributed by atoms with Crippen LogP contribution in [0.5, 0.6) is 5.75 Å². The molecule has 2 heterocycles. The van der Waals surface area contributed by atoms with Crippen molar-refractivity contribution in [3.63, 3.8) is 0 Å². The summed E-state index contributed by atoms with van der Waals surface area (Å²) in [6, 6.07) is 11.9. The number of furan rings is 1. The lowest BCUT2D eigenvalue weighted by Gasteiger charge is -2.24. The third kappa shape index (κ3) is 4.22. The largest absolute Gasteiger partial charge is 0.476 e. The molecule has 130 valence electrons. The summed E-state index contributed by atoms with van der Waals surface area (Å²) >= 11 is 5.83. The van der Waals surface area contributed by atoms with Crippen molar-refractivity contribution in [3.05, 3.63) is 59.4 Å². The van der Waals surface area contributed by atoms with E-state index in [9.17, 15) is 4.79 Å². The highest BCUT2D eigenvalue weighted by Gasteiger charge is 2.32. The van der Waals surface area contributed by atoms with Crippen LogP contribution in [0.2, 0.25) is 5.02 Å². The second-order valence-electron chi connectivity index (χ2n) is 5.80. The third-order valence-electron chi connectivity index (χ3n) is 3.35. The van der Waals surface area contributed by atoms with Gasteiger partial charge >= 0.3 is 5.97 Å². The van der Waals surface area contributed by atoms with Crippen LogP contribution in [0.25, 0.3) is 11.5 Å². The van der Waals surface area contributed by atoms with Gasteiger partial charge in [-0.3, -0.25) is 0 Å². The molecule has 3 rings (SSSR count). The summed E-state index contributed by atoms with van der Waals surface area (Å²) < 4.78 is 21.3. The molecule has 0 amide bonds. The fraction of sp³-hybridized carbons (Fsp3) is 0.222. The first-order valence-corrected chi connectivity index (χ1v) is 7.93. The molecule has 25 heavy (non-hydrogen) atoms. The Kier molecular flexibility index (Phi) is 4.81. The van der Waals surface area contributed by atoms with E-state index >= 15 is 0 Å². The van der Waals surface area contributed by atoms with Gasteiger partial charge in [-0.05, 0) is 50.2 Å². The standard InChI is InChI=1S/C18H16ClNO5/c1-18(2,24-14-7-5-12(19)6-8-14)17(21)23-11-13-10-16(25-20-13)15-4-3-9-22-15/h3-10H,11H2,1-2H3. The Hall–Kier alpha value is -2.73. The molecule has 0 fully saturated rings. The van der Waals surface area contributed by atoms with Crippen molar-refractivity contribution in [3.8, 4) is 17.3 Å². The normalized spacial score (nSPS) is 11.3. The van der Waals surface area contributed by atoms with E-state index in [2.05, 4.69) is 5.16 Å². The van der Waals surface area contributed by atoms with Gasteiger partial charge < -0.3 is 18.4 Å². The maximum absolute atomic E-state index is 12.3. The number of benzene rings is 1. The second kappa shape index (κ2) is 7.03. The van der Waals surface area contributed by atoms with E-state index in [-0.39, 0.29) is 6.61 Å². The van der Waals surface area contributed by atoms with Crippen LogP contribution < -0.4 is 4.74 Å². The summed E-state index contributed by atoms with van der Waals surface area (Å²) in [5, 5.41) is 4.44. The highest BCUT2D eigenvalue weighted by molar-refractivity contribution is 6.30. The Bertz CT molecular complexity index is 837. The number of carbonyl (C=O) groups is 1. The minimum absolute atomic E-state index is 0.0313. The fourth-order valence-corrected chi connectivity index (χ4v) is 2.19. The zero-order valence-electron chi connectivity index (χ0n) is 13.7. The molecule has 2 aromatic heterocycles. The molecule has 7 heteroatoms. The average Bonchev–Trinajstić information content (AvgIpc) is 3.25. The fourth-order valence-electron chi connectivity index (χ4n) is 2.07. The lowest BCUT2D eigenvalue weighted by molar-refractivity contribution is -0.160. The summed E-state index contributed by atoms with van der Waals surface area (Å²) in [5.74, 6) is 1.02. The molecular weight excluding hydrogens is 346 g/mol. The lowest BCUT2D eigenvalue weighted by atomic mass is 10.1. The molecule has 0 aliphatic rings. The number of halogens is 1. The maximum atomic E-state index is 12.3. The second-order valence-corrected chi connectivity index (χ2v) is 6.24. The van der Waals surface area contributed by atoms with Crippen molar-refractivity contribution in [1.82, 2.24) is 5.16 Å². The maximum Gasteiger partial charge on any atom is 0.350 e. The SMILES string of the molecule is CC(C)(Oc1ccc(Cl)cc1)C(=O)OCc1cc(-c2ccco2)on1. The first-order valence-electron chi connectivity index (χ1n) is 7.55. The molecule has 0 saturated carbocycles. The molecule has 0 bridgehead atoms. The molecule has 6 nitrogen and oxygen atoms in total. The Morgan fingerprint density at radius 3 is 2.64 bits per heavy atom. The summed E-state index contributed by atoms with van der Waals surface area (Å²) in [7, 11) is 0. The van der Waals surface area contributed by atoms with Crippen molar-refractivity contribution in [2.24, 2.45) is 0 Å². The average molecular weight is 362 g/mol. The molecule has 3 aromatic rings. The number of nitrogens with zero attached hydrogens (tertiary/aromatic N) is 1. The van der Waals surface area contributed by atoms with Crippen molar-refractivity contribution >= 4 is 17.6 Å². The minimum atomic E-state index is -1.17. The van der Waals surface area contributed by atoms with E-state index in [0.29, 0.717) is 28.0 Å². The first-order chi connectivity index (χ1) is 11.9. The number of rotatable bonds is 6. The topological polar surface area (TPSA) is 74.7 Å². The summed E-state index contributed by atoms with van der Waals surface area (Å²) in [6.07, 6.45) is 1.54. The van der Waals surface area contributed by atoms with Gasteiger partial charge in [0.2, 0.25) is 5.76 Å². The zero-order valence-corrected chi connectivity index (χ0v) is 14.4. The van der Waals surface area contributed by atoms with Crippen LogP contribution in [0.1, 0.15) is 19.5 Å². The van der Waals surface area contributed by atoms with Gasteiger partial charge in [0.25, 0.3) is 0 Å². The number of ether oxygens (including phenoxy) is 2. The summed E-state index contributed by atoms with van der Waals surface area (Å²) in [6.45, 7) is 3.22. The Morgan fingerprint density at radius 1 is 1.20 bits per heavy atom. The van der Waals surface area contributed by atoms with Crippen molar-refractivity contribution in [1.29, 1.82) is 0 Å². The number of aromatic nitrogens is 1. The molecule has 0 saturated heterocycles. The molecule has 0 unspecified atom stereocenters. The Morgan fingerprint density at radius 2 is 1.96 bits per heavy atom. The predicted molar refractivity (Wildman–Crippen MR) is 90.2 cm³/mol. The van der Waals surface area contributed by atoms with Gasteiger partial charge in [0, 0.05) is 11.1 Å². The molecule has 0 aliphatic carbocycles. The number of esters is 1. The molecule has 0 atom stereocenters. The van der Waals surface area contributed by atoms with Gasteiger partial charge in [0.1, 0.15) is 18.1 Å². The highest BCUT2D eigenvalue weighted by Crippen LogP contribution is 2.23. The number of hydrogen-bond acceptors (Lipinski definition) is 6. The predicted octanol–water partition coefficient (Wildman–Crippen LogP) is 4.49. The van der Waals surface area contributed by atoms with Crippen LogP contribution in [0.3, 0.4) is 0 Å². The molecule has 0 radical (unpaired) electrons. The zero-order chi connectivity index (χ0) is 17.9. The molecule has 0 spiro atoms. The Balaban J connectivity index is 1.58. The molecule has 0 N–H and O–H groups in total. The van der Waals surface area contributed by atoms with E-state index in [1.165, 1.54) is 6.26 Å². The van der Waals surface area contributed by atoms with Crippen molar-refractivity contribution in [2.75, 3.05) is 0 Å². The molecule has 0 aliphatic heterocycles. The van der Waals surface area contributed by atoms with Crippen LogP contribution in [0, 0.1) is 0 Å². The minimum Gasteiger partial charge on any atom is -0.476 e. The van der Waals surface area contributed by atoms with E-state index in [0.717, 1.165) is 0 Å². The van der Waals surface area contributed by atoms with Crippen molar-refractivity contribution < 1.29 is 23.2 Å². The van der Waals surface area contributed by atoms with Gasteiger partial charge in [-0.25, -0.2) is 4.79 Å². The summed E-state index contributed by atoms with van der Waals surface area (Å²) in [5.41, 5.74) is -0.691.